The van der Waals surface area contributed by atoms with Crippen LogP contribution in [0.5, 0.6) is 0 Å². The number of hydrogen-bond acceptors (Lipinski definition) is 4. The highest BCUT2D eigenvalue weighted by atomic mass is 19.1. The number of para-hydroxylation sites is 2. The van der Waals surface area contributed by atoms with Crippen molar-refractivity contribution in [1.82, 2.24) is 19.8 Å². The highest BCUT2D eigenvalue weighted by Gasteiger charge is 2.14. The normalized spacial score (nSPS) is 14.9. The lowest BCUT2D eigenvalue weighted by molar-refractivity contribution is 0.0364. The van der Waals surface area contributed by atoms with E-state index in [9.17, 15) is 9.18 Å². The maximum Gasteiger partial charge on any atom is 0.251 e. The van der Waals surface area contributed by atoms with Gasteiger partial charge in [-0.25, -0.2) is 9.37 Å². The smallest absolute Gasteiger partial charge is 0.251 e. The van der Waals surface area contributed by atoms with Crippen LogP contribution < -0.4 is 5.32 Å². The number of carbonyl (C=O) groups is 1. The largest absolute Gasteiger partial charge is 0.379 e. The monoisotopic (exact) mass is 396 g/mol. The molecule has 0 aliphatic carbocycles. The Balaban J connectivity index is 1.42. The van der Waals surface area contributed by atoms with Crippen LogP contribution in [0.3, 0.4) is 0 Å². The summed E-state index contributed by atoms with van der Waals surface area (Å²) >= 11 is 0. The second-order valence-corrected chi connectivity index (χ2v) is 7.14. The highest BCUT2D eigenvalue weighted by Crippen LogP contribution is 2.17. The van der Waals surface area contributed by atoms with Crippen molar-refractivity contribution in [2.24, 2.45) is 0 Å². The standard InChI is InChI=1S/C22H25FN4O2/c23-18-7-5-17(6-8-18)22(28)24-10-9-21-25-19-3-1-2-4-20(19)27(21)12-11-26-13-15-29-16-14-26/h1-8H,9-16H2,(H,24,28). The molecule has 29 heavy (non-hydrogen) atoms. The average molecular weight is 396 g/mol. The number of imidazole rings is 1. The summed E-state index contributed by atoms with van der Waals surface area (Å²) in [5.74, 6) is 0.398. The van der Waals surface area contributed by atoms with Crippen molar-refractivity contribution in [2.75, 3.05) is 39.4 Å². The molecule has 152 valence electrons. The molecule has 7 heteroatoms. The van der Waals surface area contributed by atoms with Crippen molar-refractivity contribution in [1.29, 1.82) is 0 Å². The summed E-state index contributed by atoms with van der Waals surface area (Å²) < 4.78 is 20.7. The quantitative estimate of drug-likeness (QED) is 0.667. The van der Waals surface area contributed by atoms with Crippen LogP contribution >= 0.6 is 0 Å². The van der Waals surface area contributed by atoms with Crippen LogP contribution in [-0.4, -0.2) is 59.8 Å². The van der Waals surface area contributed by atoms with Crippen LogP contribution in [0.2, 0.25) is 0 Å². The Morgan fingerprint density at radius 1 is 1.07 bits per heavy atom. The van der Waals surface area contributed by atoms with Crippen LogP contribution in [0.4, 0.5) is 4.39 Å². The number of rotatable bonds is 7. The predicted molar refractivity (Wildman–Crippen MR) is 109 cm³/mol. The topological polar surface area (TPSA) is 59.4 Å². The van der Waals surface area contributed by atoms with Crippen molar-refractivity contribution in [3.63, 3.8) is 0 Å². The summed E-state index contributed by atoms with van der Waals surface area (Å²) in [4.78, 5) is 19.4. The van der Waals surface area contributed by atoms with E-state index in [1.165, 1.54) is 24.3 Å². The summed E-state index contributed by atoms with van der Waals surface area (Å²) in [5.41, 5.74) is 2.53. The van der Waals surface area contributed by atoms with E-state index >= 15 is 0 Å². The van der Waals surface area contributed by atoms with Gasteiger partial charge in [0, 0.05) is 44.7 Å². The third-order valence-electron chi connectivity index (χ3n) is 5.22. The van der Waals surface area contributed by atoms with Gasteiger partial charge in [0.15, 0.2) is 0 Å². The Morgan fingerprint density at radius 2 is 1.83 bits per heavy atom. The third kappa shape index (κ3) is 4.81. The lowest BCUT2D eigenvalue weighted by Gasteiger charge is -2.27. The summed E-state index contributed by atoms with van der Waals surface area (Å²) in [6.07, 6.45) is 0.630. The molecule has 0 bridgehead atoms. The second-order valence-electron chi connectivity index (χ2n) is 7.14. The molecule has 0 radical (unpaired) electrons. The van der Waals surface area contributed by atoms with Gasteiger partial charge in [-0.05, 0) is 36.4 Å². The van der Waals surface area contributed by atoms with Gasteiger partial charge in [-0.15, -0.1) is 0 Å². The number of ether oxygens (including phenoxy) is 1. The van der Waals surface area contributed by atoms with E-state index in [-0.39, 0.29) is 11.7 Å². The van der Waals surface area contributed by atoms with Crippen LogP contribution in [0.15, 0.2) is 48.5 Å². The molecule has 2 heterocycles. The first-order chi connectivity index (χ1) is 14.2. The Bertz CT molecular complexity index is 965. The van der Waals surface area contributed by atoms with Crippen LogP contribution in [0, 0.1) is 5.82 Å². The number of aromatic nitrogens is 2. The zero-order valence-corrected chi connectivity index (χ0v) is 16.3. The van der Waals surface area contributed by atoms with Crippen LogP contribution in [-0.2, 0) is 17.7 Å². The first-order valence-electron chi connectivity index (χ1n) is 9.99. The number of fused-ring (bicyclic) bond motifs is 1. The molecule has 1 fully saturated rings. The molecule has 3 aromatic rings. The third-order valence-corrected chi connectivity index (χ3v) is 5.22. The fourth-order valence-corrected chi connectivity index (χ4v) is 3.62. The minimum atomic E-state index is -0.351. The van der Waals surface area contributed by atoms with E-state index in [0.717, 1.165) is 56.3 Å². The van der Waals surface area contributed by atoms with Crippen molar-refractivity contribution < 1.29 is 13.9 Å². The van der Waals surface area contributed by atoms with E-state index in [1.807, 2.05) is 18.2 Å². The molecule has 0 unspecified atom stereocenters. The summed E-state index contributed by atoms with van der Waals surface area (Å²) in [5, 5.41) is 2.90. The van der Waals surface area contributed by atoms with Crippen molar-refractivity contribution in [3.05, 3.63) is 65.7 Å². The number of benzene rings is 2. The Labute approximate surface area is 169 Å². The Kier molecular flexibility index (Phi) is 6.17. The fraction of sp³-hybridized carbons (Fsp3) is 0.364. The van der Waals surface area contributed by atoms with E-state index in [4.69, 9.17) is 9.72 Å². The van der Waals surface area contributed by atoms with Gasteiger partial charge < -0.3 is 14.6 Å². The number of nitrogens with zero attached hydrogens (tertiary/aromatic N) is 3. The van der Waals surface area contributed by atoms with Crippen LogP contribution in [0.25, 0.3) is 11.0 Å². The van der Waals surface area contributed by atoms with Gasteiger partial charge in [0.2, 0.25) is 0 Å². The molecule has 0 saturated carbocycles. The first-order valence-corrected chi connectivity index (χ1v) is 9.99. The number of carbonyl (C=O) groups excluding carboxylic acids is 1. The lowest BCUT2D eigenvalue weighted by Crippen LogP contribution is -2.38. The first kappa shape index (κ1) is 19.5. The number of nitrogens with one attached hydrogen (secondary N) is 1. The second kappa shape index (κ2) is 9.15. The molecule has 1 N–H and O–H groups in total. The van der Waals surface area contributed by atoms with E-state index < -0.39 is 0 Å². The van der Waals surface area contributed by atoms with Gasteiger partial charge in [0.25, 0.3) is 5.91 Å². The molecule has 1 saturated heterocycles. The maximum absolute atomic E-state index is 13.0. The van der Waals surface area contributed by atoms with Gasteiger partial charge in [0.05, 0.1) is 24.2 Å². The molecule has 1 amide bonds. The van der Waals surface area contributed by atoms with Crippen molar-refractivity contribution in [3.8, 4) is 0 Å². The molecule has 2 aromatic carbocycles. The zero-order chi connectivity index (χ0) is 20.1. The summed E-state index contributed by atoms with van der Waals surface area (Å²) in [6.45, 7) is 5.74. The maximum atomic E-state index is 13.0. The summed E-state index contributed by atoms with van der Waals surface area (Å²) in [7, 11) is 0. The van der Waals surface area contributed by atoms with Gasteiger partial charge in [-0.1, -0.05) is 12.1 Å². The molecule has 0 spiro atoms. The van der Waals surface area contributed by atoms with E-state index in [0.29, 0.717) is 18.5 Å². The highest BCUT2D eigenvalue weighted by molar-refractivity contribution is 5.94. The minimum absolute atomic E-state index is 0.207. The number of halogens is 1. The Morgan fingerprint density at radius 3 is 2.62 bits per heavy atom. The SMILES string of the molecule is O=C(NCCc1nc2ccccc2n1CCN1CCOCC1)c1ccc(F)cc1. The van der Waals surface area contributed by atoms with Crippen molar-refractivity contribution in [2.45, 2.75) is 13.0 Å². The average Bonchev–Trinajstić information content (AvgIpc) is 3.11. The summed E-state index contributed by atoms with van der Waals surface area (Å²) in [6, 6.07) is 13.7. The van der Waals surface area contributed by atoms with Crippen molar-refractivity contribution >= 4 is 16.9 Å². The van der Waals surface area contributed by atoms with Gasteiger partial charge in [-0.2, -0.15) is 0 Å². The molecule has 4 rings (SSSR count). The van der Waals surface area contributed by atoms with Crippen LogP contribution in [0.1, 0.15) is 16.2 Å². The number of amides is 1. The number of hydrogen-bond donors (Lipinski definition) is 1. The van der Waals surface area contributed by atoms with E-state index in [1.54, 1.807) is 0 Å². The molecule has 0 atom stereocenters. The zero-order valence-electron chi connectivity index (χ0n) is 16.3. The molecular formula is C22H25FN4O2. The molecular weight excluding hydrogens is 371 g/mol. The molecule has 1 aliphatic rings. The molecule has 6 nitrogen and oxygen atoms in total. The van der Waals surface area contributed by atoms with Gasteiger partial charge in [0.1, 0.15) is 11.6 Å². The van der Waals surface area contributed by atoms with E-state index in [2.05, 4.69) is 20.9 Å². The molecule has 1 aliphatic heterocycles. The number of morpholine rings is 1. The predicted octanol–water partition coefficient (Wildman–Crippen LogP) is 2.48. The van der Waals surface area contributed by atoms with Gasteiger partial charge >= 0.3 is 0 Å². The van der Waals surface area contributed by atoms with Gasteiger partial charge in [-0.3, -0.25) is 9.69 Å². The Hall–Kier alpha value is -2.77. The fourth-order valence-electron chi connectivity index (χ4n) is 3.62. The molecule has 1 aromatic heterocycles. The minimum Gasteiger partial charge on any atom is -0.379 e. The lowest BCUT2D eigenvalue weighted by atomic mass is 10.2.